The van der Waals surface area contributed by atoms with Gasteiger partial charge in [-0.15, -0.1) is 0 Å². The average molecular weight is 275 g/mol. The van der Waals surface area contributed by atoms with Crippen LogP contribution >= 0.6 is 0 Å². The Labute approximate surface area is 121 Å². The molecule has 0 bridgehead atoms. The van der Waals surface area contributed by atoms with E-state index in [4.69, 9.17) is 0 Å². The Balaban J connectivity index is 2.38. The second-order valence-corrected chi connectivity index (χ2v) is 6.31. The van der Waals surface area contributed by atoms with Gasteiger partial charge in [0.25, 0.3) is 0 Å². The van der Waals surface area contributed by atoms with Gasteiger partial charge in [-0.1, -0.05) is 44.9 Å². The molecule has 0 aliphatic heterocycles. The molecule has 0 heterocycles. The summed E-state index contributed by atoms with van der Waals surface area (Å²) in [5.41, 5.74) is 1.22. The lowest BCUT2D eigenvalue weighted by Crippen LogP contribution is -2.56. The molecule has 1 aromatic carbocycles. The van der Waals surface area contributed by atoms with Crippen LogP contribution in [0, 0.1) is 18.8 Å². The van der Waals surface area contributed by atoms with Gasteiger partial charge in [-0.3, -0.25) is 0 Å². The van der Waals surface area contributed by atoms with Crippen LogP contribution in [0.5, 0.6) is 0 Å². The number of nitrogens with one attached hydrogen (secondary N) is 1. The van der Waals surface area contributed by atoms with Gasteiger partial charge in [0.1, 0.15) is 5.54 Å². The molecule has 0 radical (unpaired) electrons. The van der Waals surface area contributed by atoms with Crippen molar-refractivity contribution in [2.24, 2.45) is 11.8 Å². The fraction of sp³-hybridized carbons (Fsp3) is 0.588. The molecule has 0 amide bonds. The van der Waals surface area contributed by atoms with Crippen molar-refractivity contribution in [1.82, 2.24) is 0 Å². The lowest BCUT2D eigenvalue weighted by atomic mass is 9.67. The first kappa shape index (κ1) is 14.9. The van der Waals surface area contributed by atoms with Crippen molar-refractivity contribution in [3.8, 4) is 0 Å². The maximum atomic E-state index is 12.0. The van der Waals surface area contributed by atoms with Crippen molar-refractivity contribution in [3.63, 3.8) is 0 Å². The molecule has 2 rings (SSSR count). The quantitative estimate of drug-likeness (QED) is 0.870. The largest absolute Gasteiger partial charge is 0.479 e. The second kappa shape index (κ2) is 5.86. The SMILES string of the molecule is Cc1ccccc1NC1(C(=O)O)CCCCC1C(C)C. The molecule has 3 heteroatoms. The van der Waals surface area contributed by atoms with Gasteiger partial charge < -0.3 is 10.4 Å². The van der Waals surface area contributed by atoms with Crippen molar-refractivity contribution in [3.05, 3.63) is 29.8 Å². The minimum absolute atomic E-state index is 0.174. The van der Waals surface area contributed by atoms with Crippen LogP contribution in [0.2, 0.25) is 0 Å². The van der Waals surface area contributed by atoms with Crippen LogP contribution in [0.3, 0.4) is 0 Å². The van der Waals surface area contributed by atoms with E-state index in [0.717, 1.165) is 30.5 Å². The first-order chi connectivity index (χ1) is 9.47. The Morgan fingerprint density at radius 3 is 2.65 bits per heavy atom. The van der Waals surface area contributed by atoms with Crippen molar-refractivity contribution in [2.75, 3.05) is 5.32 Å². The maximum absolute atomic E-state index is 12.0. The van der Waals surface area contributed by atoms with E-state index in [0.29, 0.717) is 12.3 Å². The molecule has 0 saturated heterocycles. The summed E-state index contributed by atoms with van der Waals surface area (Å²) in [5, 5.41) is 13.3. The third-order valence-electron chi connectivity index (χ3n) is 4.66. The van der Waals surface area contributed by atoms with Crippen molar-refractivity contribution in [2.45, 2.75) is 52.0 Å². The van der Waals surface area contributed by atoms with Crippen LogP contribution in [0.4, 0.5) is 5.69 Å². The van der Waals surface area contributed by atoms with E-state index < -0.39 is 11.5 Å². The molecule has 1 fully saturated rings. The van der Waals surface area contributed by atoms with Crippen LogP contribution in [0.15, 0.2) is 24.3 Å². The Hall–Kier alpha value is -1.51. The molecule has 2 atom stereocenters. The van der Waals surface area contributed by atoms with Gasteiger partial charge in [-0.05, 0) is 43.2 Å². The first-order valence-electron chi connectivity index (χ1n) is 7.54. The summed E-state index contributed by atoms with van der Waals surface area (Å²) in [6.07, 6.45) is 3.81. The van der Waals surface area contributed by atoms with Gasteiger partial charge in [-0.25, -0.2) is 4.79 Å². The number of hydrogen-bond donors (Lipinski definition) is 2. The van der Waals surface area contributed by atoms with Crippen LogP contribution < -0.4 is 5.32 Å². The average Bonchev–Trinajstić information content (AvgIpc) is 2.41. The summed E-state index contributed by atoms with van der Waals surface area (Å²) in [4.78, 5) is 12.0. The second-order valence-electron chi connectivity index (χ2n) is 6.31. The van der Waals surface area contributed by atoms with Crippen molar-refractivity contribution >= 4 is 11.7 Å². The van der Waals surface area contributed by atoms with Crippen LogP contribution in [-0.2, 0) is 4.79 Å². The monoisotopic (exact) mass is 275 g/mol. The molecule has 0 aromatic heterocycles. The Bertz CT molecular complexity index is 484. The van der Waals surface area contributed by atoms with Crippen LogP contribution in [0.25, 0.3) is 0 Å². The zero-order chi connectivity index (χ0) is 14.8. The molecule has 3 nitrogen and oxygen atoms in total. The topological polar surface area (TPSA) is 49.3 Å². The van der Waals surface area contributed by atoms with E-state index in [1.54, 1.807) is 0 Å². The van der Waals surface area contributed by atoms with Gasteiger partial charge in [0.15, 0.2) is 0 Å². The Kier molecular flexibility index (Phi) is 4.36. The summed E-state index contributed by atoms with van der Waals surface area (Å²) in [6, 6.07) is 7.93. The minimum Gasteiger partial charge on any atom is -0.479 e. The summed E-state index contributed by atoms with van der Waals surface area (Å²) in [7, 11) is 0. The van der Waals surface area contributed by atoms with Crippen molar-refractivity contribution < 1.29 is 9.90 Å². The third-order valence-corrected chi connectivity index (χ3v) is 4.66. The maximum Gasteiger partial charge on any atom is 0.329 e. The molecule has 110 valence electrons. The summed E-state index contributed by atoms with van der Waals surface area (Å²) >= 11 is 0. The van der Waals surface area contributed by atoms with E-state index in [1.807, 2.05) is 31.2 Å². The molecular weight excluding hydrogens is 250 g/mol. The van der Waals surface area contributed by atoms with E-state index in [-0.39, 0.29) is 5.92 Å². The predicted molar refractivity (Wildman–Crippen MR) is 82.0 cm³/mol. The fourth-order valence-corrected chi connectivity index (χ4v) is 3.53. The Morgan fingerprint density at radius 1 is 1.35 bits per heavy atom. The van der Waals surface area contributed by atoms with Crippen molar-refractivity contribution in [1.29, 1.82) is 0 Å². The van der Waals surface area contributed by atoms with E-state index in [2.05, 4.69) is 19.2 Å². The standard InChI is InChI=1S/C17H25NO2/c1-12(2)14-9-6-7-11-17(14,16(19)20)18-15-10-5-4-8-13(15)3/h4-5,8,10,12,14,18H,6-7,9,11H2,1-3H3,(H,19,20). The number of aryl methyl sites for hydroxylation is 1. The number of carboxylic acids is 1. The highest BCUT2D eigenvalue weighted by Crippen LogP contribution is 2.41. The van der Waals surface area contributed by atoms with E-state index in [9.17, 15) is 9.90 Å². The van der Waals surface area contributed by atoms with Gasteiger partial charge in [0.2, 0.25) is 0 Å². The molecule has 1 aliphatic carbocycles. The first-order valence-corrected chi connectivity index (χ1v) is 7.54. The van der Waals surface area contributed by atoms with Gasteiger partial charge in [-0.2, -0.15) is 0 Å². The molecular formula is C17H25NO2. The van der Waals surface area contributed by atoms with E-state index in [1.165, 1.54) is 0 Å². The lowest BCUT2D eigenvalue weighted by molar-refractivity contribution is -0.146. The molecule has 1 aliphatic rings. The van der Waals surface area contributed by atoms with Gasteiger partial charge in [0, 0.05) is 5.69 Å². The number of rotatable bonds is 4. The molecule has 20 heavy (non-hydrogen) atoms. The predicted octanol–water partition coefficient (Wildman–Crippen LogP) is 4.08. The number of benzene rings is 1. The van der Waals surface area contributed by atoms with Crippen LogP contribution in [0.1, 0.15) is 45.1 Å². The fourth-order valence-electron chi connectivity index (χ4n) is 3.53. The smallest absolute Gasteiger partial charge is 0.329 e. The summed E-state index contributed by atoms with van der Waals surface area (Å²) in [5.74, 6) is -0.171. The zero-order valence-electron chi connectivity index (χ0n) is 12.6. The number of anilines is 1. The van der Waals surface area contributed by atoms with E-state index >= 15 is 0 Å². The zero-order valence-corrected chi connectivity index (χ0v) is 12.6. The molecule has 1 aromatic rings. The number of hydrogen-bond acceptors (Lipinski definition) is 2. The molecule has 2 N–H and O–H groups in total. The minimum atomic E-state index is -0.821. The molecule has 1 saturated carbocycles. The molecule has 2 unspecified atom stereocenters. The van der Waals surface area contributed by atoms with Gasteiger partial charge in [0.05, 0.1) is 0 Å². The number of para-hydroxylation sites is 1. The highest BCUT2D eigenvalue weighted by molar-refractivity contribution is 5.84. The summed E-state index contributed by atoms with van der Waals surface area (Å²) < 4.78 is 0. The summed E-state index contributed by atoms with van der Waals surface area (Å²) in [6.45, 7) is 6.28. The third kappa shape index (κ3) is 2.67. The Morgan fingerprint density at radius 2 is 2.05 bits per heavy atom. The molecule has 0 spiro atoms. The lowest BCUT2D eigenvalue weighted by Gasteiger charge is -2.44. The van der Waals surface area contributed by atoms with Crippen LogP contribution in [-0.4, -0.2) is 16.6 Å². The normalized spacial score (nSPS) is 26.5. The highest BCUT2D eigenvalue weighted by Gasteiger charge is 2.48. The number of carboxylic acid groups (broad SMARTS) is 1. The number of aliphatic carboxylic acids is 1. The number of carbonyl (C=O) groups is 1. The van der Waals surface area contributed by atoms with Gasteiger partial charge >= 0.3 is 5.97 Å². The highest BCUT2D eigenvalue weighted by atomic mass is 16.4.